The lowest BCUT2D eigenvalue weighted by molar-refractivity contribution is 0.0933. The number of hydrogen-bond donors (Lipinski definition) is 4. The first-order valence-electron chi connectivity index (χ1n) is 6.27. The van der Waals surface area contributed by atoms with Crippen molar-refractivity contribution in [3.63, 3.8) is 0 Å². The lowest BCUT2D eigenvalue weighted by atomic mass is 10.1. The van der Waals surface area contributed by atoms with Gasteiger partial charge in [0.2, 0.25) is 0 Å². The molecule has 1 aliphatic carbocycles. The molecule has 6 nitrogen and oxygen atoms in total. The van der Waals surface area contributed by atoms with Gasteiger partial charge in [0.1, 0.15) is 0 Å². The fraction of sp³-hybridized carbons (Fsp3) is 0.385. The zero-order valence-corrected chi connectivity index (χ0v) is 10.6. The molecule has 1 atom stereocenters. The Balaban J connectivity index is 2.03. The molecule has 0 spiro atoms. The number of amides is 3. The van der Waals surface area contributed by atoms with Crippen LogP contribution in [0, 0.1) is 5.92 Å². The van der Waals surface area contributed by atoms with Crippen LogP contribution in [0.5, 0.6) is 0 Å². The highest BCUT2D eigenvalue weighted by Gasteiger charge is 2.31. The maximum absolute atomic E-state index is 12.1. The molecule has 0 aliphatic heterocycles. The molecule has 0 radical (unpaired) electrons. The number of urea groups is 1. The van der Waals surface area contributed by atoms with Crippen LogP contribution in [0.2, 0.25) is 0 Å². The van der Waals surface area contributed by atoms with Gasteiger partial charge in [0, 0.05) is 23.8 Å². The van der Waals surface area contributed by atoms with E-state index in [1.54, 1.807) is 24.3 Å². The highest BCUT2D eigenvalue weighted by atomic mass is 16.2. The summed E-state index contributed by atoms with van der Waals surface area (Å²) in [7, 11) is 0. The monoisotopic (exact) mass is 262 g/mol. The Hall–Kier alpha value is -2.08. The molecule has 2 rings (SSSR count). The standard InChI is InChI=1S/C13H18N4O2/c14-7-11(8-4-5-8)17-12(18)9-2-1-3-10(6-9)16-13(15)19/h1-3,6,8,11H,4-5,7,14H2,(H,17,18)(H3,15,16,19). The van der Waals surface area contributed by atoms with E-state index in [0.29, 0.717) is 23.7 Å². The second-order valence-corrected chi connectivity index (χ2v) is 4.72. The molecule has 0 heterocycles. The summed E-state index contributed by atoms with van der Waals surface area (Å²) in [6.07, 6.45) is 2.23. The maximum Gasteiger partial charge on any atom is 0.316 e. The Bertz CT molecular complexity index is 485. The number of rotatable bonds is 5. The summed E-state index contributed by atoms with van der Waals surface area (Å²) in [6, 6.07) is 6.00. The molecule has 0 bridgehead atoms. The van der Waals surface area contributed by atoms with E-state index in [4.69, 9.17) is 11.5 Å². The van der Waals surface area contributed by atoms with Gasteiger partial charge < -0.3 is 22.1 Å². The number of hydrogen-bond acceptors (Lipinski definition) is 3. The van der Waals surface area contributed by atoms with Gasteiger partial charge in [-0.15, -0.1) is 0 Å². The lowest BCUT2D eigenvalue weighted by Gasteiger charge is -2.16. The molecule has 6 N–H and O–H groups in total. The molecule has 1 aliphatic rings. The van der Waals surface area contributed by atoms with Crippen molar-refractivity contribution < 1.29 is 9.59 Å². The van der Waals surface area contributed by atoms with E-state index in [-0.39, 0.29) is 11.9 Å². The number of anilines is 1. The maximum atomic E-state index is 12.1. The van der Waals surface area contributed by atoms with E-state index >= 15 is 0 Å². The zero-order chi connectivity index (χ0) is 13.8. The highest BCUT2D eigenvalue weighted by Crippen LogP contribution is 2.32. The summed E-state index contributed by atoms with van der Waals surface area (Å²) in [5, 5.41) is 5.35. The van der Waals surface area contributed by atoms with Crippen molar-refractivity contribution in [3.8, 4) is 0 Å². The van der Waals surface area contributed by atoms with Crippen LogP contribution in [0.4, 0.5) is 10.5 Å². The summed E-state index contributed by atoms with van der Waals surface area (Å²) >= 11 is 0. The Labute approximate surface area is 111 Å². The Morgan fingerprint density at radius 2 is 2.11 bits per heavy atom. The fourth-order valence-electron chi connectivity index (χ4n) is 2.00. The molecule has 19 heavy (non-hydrogen) atoms. The van der Waals surface area contributed by atoms with E-state index < -0.39 is 6.03 Å². The average Bonchev–Trinajstić information content (AvgIpc) is 3.19. The Kier molecular flexibility index (Phi) is 4.01. The van der Waals surface area contributed by atoms with Gasteiger partial charge in [0.05, 0.1) is 0 Å². The molecule has 1 aromatic rings. The number of benzene rings is 1. The molecular formula is C13H18N4O2. The molecule has 0 aromatic heterocycles. The summed E-state index contributed by atoms with van der Waals surface area (Å²) < 4.78 is 0. The van der Waals surface area contributed by atoms with Gasteiger partial charge >= 0.3 is 6.03 Å². The van der Waals surface area contributed by atoms with Crippen LogP contribution in [0.3, 0.4) is 0 Å². The molecule has 1 unspecified atom stereocenters. The molecule has 1 fully saturated rings. The van der Waals surface area contributed by atoms with Gasteiger partial charge in [0.25, 0.3) is 5.91 Å². The number of nitrogens with one attached hydrogen (secondary N) is 2. The van der Waals surface area contributed by atoms with Gasteiger partial charge in [-0.2, -0.15) is 0 Å². The third-order valence-electron chi connectivity index (χ3n) is 3.15. The van der Waals surface area contributed by atoms with Crippen LogP contribution in [0.25, 0.3) is 0 Å². The largest absolute Gasteiger partial charge is 0.351 e. The number of carbonyl (C=O) groups is 2. The normalized spacial score (nSPS) is 15.6. The second-order valence-electron chi connectivity index (χ2n) is 4.72. The fourth-order valence-corrected chi connectivity index (χ4v) is 2.00. The van der Waals surface area contributed by atoms with Crippen molar-refractivity contribution in [1.29, 1.82) is 0 Å². The summed E-state index contributed by atoms with van der Waals surface area (Å²) in [5.41, 5.74) is 11.7. The number of carbonyl (C=O) groups excluding carboxylic acids is 2. The van der Waals surface area contributed by atoms with Gasteiger partial charge in [-0.25, -0.2) is 4.79 Å². The minimum Gasteiger partial charge on any atom is -0.351 e. The first-order valence-corrected chi connectivity index (χ1v) is 6.27. The molecule has 6 heteroatoms. The van der Waals surface area contributed by atoms with Crippen molar-refractivity contribution in [2.45, 2.75) is 18.9 Å². The highest BCUT2D eigenvalue weighted by molar-refractivity contribution is 5.96. The molecular weight excluding hydrogens is 244 g/mol. The Morgan fingerprint density at radius 1 is 1.37 bits per heavy atom. The van der Waals surface area contributed by atoms with E-state index in [2.05, 4.69) is 10.6 Å². The predicted molar refractivity (Wildman–Crippen MR) is 72.7 cm³/mol. The van der Waals surface area contributed by atoms with Crippen LogP contribution in [0.15, 0.2) is 24.3 Å². The van der Waals surface area contributed by atoms with Gasteiger partial charge in [-0.3, -0.25) is 4.79 Å². The first-order chi connectivity index (χ1) is 9.10. The number of nitrogens with two attached hydrogens (primary N) is 2. The van der Waals surface area contributed by atoms with E-state index in [9.17, 15) is 9.59 Å². The summed E-state index contributed by atoms with van der Waals surface area (Å²) in [6.45, 7) is 0.440. The Morgan fingerprint density at radius 3 is 2.68 bits per heavy atom. The third kappa shape index (κ3) is 3.69. The van der Waals surface area contributed by atoms with Crippen LogP contribution < -0.4 is 22.1 Å². The van der Waals surface area contributed by atoms with Crippen LogP contribution in [-0.2, 0) is 0 Å². The van der Waals surface area contributed by atoms with Gasteiger partial charge in [-0.1, -0.05) is 6.07 Å². The third-order valence-corrected chi connectivity index (χ3v) is 3.15. The van der Waals surface area contributed by atoms with E-state index in [1.165, 1.54) is 0 Å². The smallest absolute Gasteiger partial charge is 0.316 e. The average molecular weight is 262 g/mol. The summed E-state index contributed by atoms with van der Waals surface area (Å²) in [4.78, 5) is 22.8. The minimum atomic E-state index is -0.657. The van der Waals surface area contributed by atoms with E-state index in [0.717, 1.165) is 12.8 Å². The minimum absolute atomic E-state index is 0.0280. The van der Waals surface area contributed by atoms with Crippen molar-refractivity contribution in [1.82, 2.24) is 5.32 Å². The van der Waals surface area contributed by atoms with Crippen molar-refractivity contribution >= 4 is 17.6 Å². The molecule has 0 saturated heterocycles. The van der Waals surface area contributed by atoms with Gasteiger partial charge in [-0.05, 0) is 37.0 Å². The molecule has 102 valence electrons. The quantitative estimate of drug-likeness (QED) is 0.625. The van der Waals surface area contributed by atoms with Crippen molar-refractivity contribution in [3.05, 3.63) is 29.8 Å². The van der Waals surface area contributed by atoms with Crippen LogP contribution in [-0.4, -0.2) is 24.5 Å². The number of primary amides is 1. The second kappa shape index (κ2) is 5.71. The van der Waals surface area contributed by atoms with Crippen LogP contribution in [0.1, 0.15) is 23.2 Å². The van der Waals surface area contributed by atoms with Gasteiger partial charge in [0.15, 0.2) is 0 Å². The molecule has 1 aromatic carbocycles. The topological polar surface area (TPSA) is 110 Å². The summed E-state index contributed by atoms with van der Waals surface area (Å²) in [5.74, 6) is 0.316. The lowest BCUT2D eigenvalue weighted by Crippen LogP contribution is -2.41. The van der Waals surface area contributed by atoms with E-state index in [1.807, 2.05) is 0 Å². The first kappa shape index (κ1) is 13.4. The zero-order valence-electron chi connectivity index (χ0n) is 10.6. The van der Waals surface area contributed by atoms with Crippen molar-refractivity contribution in [2.75, 3.05) is 11.9 Å². The molecule has 3 amide bonds. The molecule has 1 saturated carbocycles. The van der Waals surface area contributed by atoms with Crippen molar-refractivity contribution in [2.24, 2.45) is 17.4 Å². The SMILES string of the molecule is NCC(NC(=O)c1cccc(NC(N)=O)c1)C1CC1. The van der Waals surface area contributed by atoms with Crippen LogP contribution >= 0.6 is 0 Å². The predicted octanol–water partition coefficient (Wildman–Crippen LogP) is 0.644.